The summed E-state index contributed by atoms with van der Waals surface area (Å²) >= 11 is 0. The topological polar surface area (TPSA) is 58.6 Å². The fourth-order valence-corrected chi connectivity index (χ4v) is 3.24. The van der Waals surface area contributed by atoms with Crippen LogP contribution in [0.1, 0.15) is 24.8 Å². The molecule has 1 fully saturated rings. The summed E-state index contributed by atoms with van der Waals surface area (Å²) < 4.78 is 18.5. The van der Waals surface area contributed by atoms with Gasteiger partial charge < -0.3 is 15.0 Å². The van der Waals surface area contributed by atoms with E-state index in [0.717, 1.165) is 24.2 Å². The number of piperidine rings is 1. The molecule has 1 aliphatic rings. The first kappa shape index (κ1) is 19.9. The zero-order chi connectivity index (χ0) is 19.8. The highest BCUT2D eigenvalue weighted by Crippen LogP contribution is 2.13. The van der Waals surface area contributed by atoms with Gasteiger partial charge in [0.05, 0.1) is 19.4 Å². The lowest BCUT2D eigenvalue weighted by Crippen LogP contribution is -2.47. The van der Waals surface area contributed by atoms with E-state index in [4.69, 9.17) is 4.74 Å². The van der Waals surface area contributed by atoms with Crippen LogP contribution in [0.15, 0.2) is 54.6 Å². The van der Waals surface area contributed by atoms with Crippen LogP contribution in [0.25, 0.3) is 0 Å². The van der Waals surface area contributed by atoms with Crippen LogP contribution >= 0.6 is 0 Å². The van der Waals surface area contributed by atoms with Gasteiger partial charge in [-0.05, 0) is 42.7 Å². The average molecular weight is 384 g/mol. The van der Waals surface area contributed by atoms with Crippen molar-refractivity contribution in [1.82, 2.24) is 10.2 Å². The van der Waals surface area contributed by atoms with Gasteiger partial charge in [-0.2, -0.15) is 0 Å². The monoisotopic (exact) mass is 384 g/mol. The molecule has 0 unspecified atom stereocenters. The SMILES string of the molecule is O=C(CCOc1ccccc1)NC1CCN(C(=O)Cc2ccc(F)cc2)CC1. The molecule has 2 aromatic carbocycles. The van der Waals surface area contributed by atoms with E-state index < -0.39 is 0 Å². The first-order chi connectivity index (χ1) is 13.6. The van der Waals surface area contributed by atoms with E-state index in [1.807, 2.05) is 35.2 Å². The number of amides is 2. The minimum atomic E-state index is -0.304. The van der Waals surface area contributed by atoms with Crippen molar-refractivity contribution in [3.05, 3.63) is 66.0 Å². The predicted molar refractivity (Wildman–Crippen MR) is 104 cm³/mol. The van der Waals surface area contributed by atoms with Crippen LogP contribution < -0.4 is 10.1 Å². The second-order valence-electron chi connectivity index (χ2n) is 6.94. The number of ether oxygens (including phenoxy) is 1. The summed E-state index contributed by atoms with van der Waals surface area (Å²) in [7, 11) is 0. The van der Waals surface area contributed by atoms with Gasteiger partial charge in [0.2, 0.25) is 11.8 Å². The highest BCUT2D eigenvalue weighted by molar-refractivity contribution is 5.79. The van der Waals surface area contributed by atoms with Gasteiger partial charge in [0, 0.05) is 19.1 Å². The maximum Gasteiger partial charge on any atom is 0.226 e. The van der Waals surface area contributed by atoms with Crippen molar-refractivity contribution in [3.63, 3.8) is 0 Å². The molecule has 28 heavy (non-hydrogen) atoms. The molecular formula is C22H25FN2O3. The van der Waals surface area contributed by atoms with Crippen molar-refractivity contribution >= 4 is 11.8 Å². The third-order valence-corrected chi connectivity index (χ3v) is 4.82. The summed E-state index contributed by atoms with van der Waals surface area (Å²) in [4.78, 5) is 26.3. The number of hydrogen-bond acceptors (Lipinski definition) is 3. The lowest BCUT2D eigenvalue weighted by atomic mass is 10.0. The number of carbonyl (C=O) groups excluding carboxylic acids is 2. The summed E-state index contributed by atoms with van der Waals surface area (Å²) in [5.41, 5.74) is 0.806. The average Bonchev–Trinajstić information content (AvgIpc) is 2.71. The summed E-state index contributed by atoms with van der Waals surface area (Å²) in [6.07, 6.45) is 2.05. The van der Waals surface area contributed by atoms with Crippen molar-refractivity contribution in [2.75, 3.05) is 19.7 Å². The number of likely N-dealkylation sites (tertiary alicyclic amines) is 1. The second-order valence-corrected chi connectivity index (χ2v) is 6.94. The van der Waals surface area contributed by atoms with Crippen LogP contribution in [0.2, 0.25) is 0 Å². The van der Waals surface area contributed by atoms with Gasteiger partial charge in [0.25, 0.3) is 0 Å². The third kappa shape index (κ3) is 6.08. The van der Waals surface area contributed by atoms with Gasteiger partial charge in [-0.15, -0.1) is 0 Å². The van der Waals surface area contributed by atoms with Gasteiger partial charge >= 0.3 is 0 Å². The molecule has 5 nitrogen and oxygen atoms in total. The fraction of sp³-hybridized carbons (Fsp3) is 0.364. The molecule has 0 aromatic heterocycles. The Bertz CT molecular complexity index is 772. The number of rotatable bonds is 7. The summed E-state index contributed by atoms with van der Waals surface area (Å²) in [5, 5.41) is 3.02. The Morgan fingerprint density at radius 2 is 1.71 bits per heavy atom. The summed E-state index contributed by atoms with van der Waals surface area (Å²) in [6.45, 7) is 1.57. The molecule has 0 bridgehead atoms. The minimum absolute atomic E-state index is 0.0349. The Balaban J connectivity index is 1.34. The van der Waals surface area contributed by atoms with Crippen molar-refractivity contribution in [2.24, 2.45) is 0 Å². The predicted octanol–water partition coefficient (Wildman–Crippen LogP) is 2.94. The molecule has 1 aliphatic heterocycles. The molecular weight excluding hydrogens is 359 g/mol. The van der Waals surface area contributed by atoms with E-state index in [-0.39, 0.29) is 30.1 Å². The Morgan fingerprint density at radius 3 is 2.39 bits per heavy atom. The maximum absolute atomic E-state index is 13.0. The van der Waals surface area contributed by atoms with E-state index in [9.17, 15) is 14.0 Å². The molecule has 1 heterocycles. The Morgan fingerprint density at radius 1 is 1.04 bits per heavy atom. The molecule has 148 valence electrons. The van der Waals surface area contributed by atoms with E-state index in [2.05, 4.69) is 5.32 Å². The molecule has 0 aliphatic carbocycles. The van der Waals surface area contributed by atoms with E-state index >= 15 is 0 Å². The quantitative estimate of drug-likeness (QED) is 0.799. The molecule has 2 aromatic rings. The highest BCUT2D eigenvalue weighted by Gasteiger charge is 2.23. The number of halogens is 1. The molecule has 2 amide bonds. The molecule has 0 atom stereocenters. The van der Waals surface area contributed by atoms with E-state index in [1.54, 1.807) is 12.1 Å². The largest absolute Gasteiger partial charge is 0.493 e. The zero-order valence-electron chi connectivity index (χ0n) is 15.8. The van der Waals surface area contributed by atoms with Gasteiger partial charge in [0.1, 0.15) is 11.6 Å². The second kappa shape index (κ2) is 9.88. The van der Waals surface area contributed by atoms with Crippen LogP contribution in [0.5, 0.6) is 5.75 Å². The third-order valence-electron chi connectivity index (χ3n) is 4.82. The molecule has 1 saturated heterocycles. The molecule has 1 N–H and O–H groups in total. The highest BCUT2D eigenvalue weighted by atomic mass is 19.1. The number of nitrogens with zero attached hydrogens (tertiary/aromatic N) is 1. The number of hydrogen-bond donors (Lipinski definition) is 1. The zero-order valence-corrected chi connectivity index (χ0v) is 15.8. The van der Waals surface area contributed by atoms with Crippen LogP contribution in [-0.2, 0) is 16.0 Å². The fourth-order valence-electron chi connectivity index (χ4n) is 3.24. The van der Waals surface area contributed by atoms with Crippen molar-refractivity contribution in [3.8, 4) is 5.75 Å². The lowest BCUT2D eigenvalue weighted by molar-refractivity contribution is -0.131. The van der Waals surface area contributed by atoms with Crippen molar-refractivity contribution < 1.29 is 18.7 Å². The van der Waals surface area contributed by atoms with E-state index in [0.29, 0.717) is 26.1 Å². The molecule has 6 heteroatoms. The minimum Gasteiger partial charge on any atom is -0.493 e. The standard InChI is InChI=1S/C22H25FN2O3/c23-18-8-6-17(7-9-18)16-22(27)25-13-10-19(11-14-25)24-21(26)12-15-28-20-4-2-1-3-5-20/h1-9,19H,10-16H2,(H,24,26). The summed E-state index contributed by atoms with van der Waals surface area (Å²) in [6, 6.07) is 15.5. The normalized spacial score (nSPS) is 14.5. The first-order valence-corrected chi connectivity index (χ1v) is 9.59. The van der Waals surface area contributed by atoms with Crippen LogP contribution in [0, 0.1) is 5.82 Å². The Labute approximate surface area is 164 Å². The Hall–Kier alpha value is -2.89. The molecule has 0 saturated carbocycles. The smallest absolute Gasteiger partial charge is 0.226 e. The van der Waals surface area contributed by atoms with Crippen LogP contribution in [-0.4, -0.2) is 42.5 Å². The lowest BCUT2D eigenvalue weighted by Gasteiger charge is -2.32. The first-order valence-electron chi connectivity index (χ1n) is 9.59. The molecule has 0 radical (unpaired) electrons. The molecule has 3 rings (SSSR count). The van der Waals surface area contributed by atoms with Crippen LogP contribution in [0.4, 0.5) is 4.39 Å². The van der Waals surface area contributed by atoms with Gasteiger partial charge in [0.15, 0.2) is 0 Å². The van der Waals surface area contributed by atoms with E-state index in [1.165, 1.54) is 12.1 Å². The number of benzene rings is 2. The van der Waals surface area contributed by atoms with Crippen molar-refractivity contribution in [1.29, 1.82) is 0 Å². The number of carbonyl (C=O) groups is 2. The number of para-hydroxylation sites is 1. The van der Waals surface area contributed by atoms with Gasteiger partial charge in [-0.1, -0.05) is 30.3 Å². The Kier molecular flexibility index (Phi) is 7.00. The van der Waals surface area contributed by atoms with Gasteiger partial charge in [-0.25, -0.2) is 4.39 Å². The summed E-state index contributed by atoms with van der Waals surface area (Å²) in [5.74, 6) is 0.449. The van der Waals surface area contributed by atoms with Crippen LogP contribution in [0.3, 0.4) is 0 Å². The number of nitrogens with one attached hydrogen (secondary N) is 1. The van der Waals surface area contributed by atoms with Gasteiger partial charge in [-0.3, -0.25) is 9.59 Å². The maximum atomic E-state index is 13.0. The molecule has 0 spiro atoms. The van der Waals surface area contributed by atoms with Crippen molar-refractivity contribution in [2.45, 2.75) is 31.7 Å².